The molecule has 0 bridgehead atoms. The third-order valence-electron chi connectivity index (χ3n) is 12.8. The van der Waals surface area contributed by atoms with Crippen LogP contribution in [0.4, 0.5) is 0 Å². The van der Waals surface area contributed by atoms with Crippen LogP contribution in [0.1, 0.15) is 13.8 Å². The van der Waals surface area contributed by atoms with Crippen LogP contribution >= 0.6 is 0 Å². The van der Waals surface area contributed by atoms with Crippen LogP contribution in [0, 0.1) is 0 Å². The Kier molecular flexibility index (Phi) is 11.8. The third-order valence-corrected chi connectivity index (χ3v) is 12.8. The van der Waals surface area contributed by atoms with E-state index in [2.05, 4.69) is 265 Å². The molecule has 0 aliphatic rings. The van der Waals surface area contributed by atoms with E-state index in [-0.39, 0.29) is 0 Å². The number of nitrogens with zero attached hydrogens (tertiary/aromatic N) is 3. The van der Waals surface area contributed by atoms with Crippen molar-refractivity contribution in [1.82, 2.24) is 14.5 Å². The third kappa shape index (κ3) is 8.66. The number of hydrogen-bond donors (Lipinski definition) is 0. The summed E-state index contributed by atoms with van der Waals surface area (Å²) in [6.07, 6.45) is 0. The molecule has 0 spiro atoms. The Labute approximate surface area is 404 Å². The molecule has 2 heterocycles. The van der Waals surface area contributed by atoms with Crippen LogP contribution in [0.25, 0.3) is 117 Å². The van der Waals surface area contributed by atoms with Crippen molar-refractivity contribution in [3.05, 3.63) is 261 Å². The van der Waals surface area contributed by atoms with Crippen LogP contribution in [0.2, 0.25) is 0 Å². The van der Waals surface area contributed by atoms with Crippen molar-refractivity contribution in [3.63, 3.8) is 0 Å². The minimum Gasteiger partial charge on any atom is -0.309 e. The van der Waals surface area contributed by atoms with Crippen molar-refractivity contribution < 1.29 is 0 Å². The molecule has 10 aromatic carbocycles. The first-order chi connectivity index (χ1) is 34.2. The Morgan fingerprint density at radius 2 is 0.565 bits per heavy atom. The monoisotopic (exact) mass is 883 g/mol. The predicted molar refractivity (Wildman–Crippen MR) is 291 cm³/mol. The number of hydrogen-bond acceptors (Lipinski definition) is 2. The van der Waals surface area contributed by atoms with Gasteiger partial charge < -0.3 is 4.57 Å². The lowest BCUT2D eigenvalue weighted by Gasteiger charge is -2.13. The molecule has 3 heteroatoms. The molecular formula is C66H49N3. The number of rotatable bonds is 9. The fourth-order valence-electron chi connectivity index (χ4n) is 9.42. The second kappa shape index (κ2) is 19.1. The molecule has 0 unspecified atom stereocenters. The lowest BCUT2D eigenvalue weighted by molar-refractivity contribution is 1.16. The molecule has 12 rings (SSSR count). The van der Waals surface area contributed by atoms with Gasteiger partial charge in [-0.1, -0.05) is 226 Å². The maximum absolute atomic E-state index is 5.32. The zero-order chi connectivity index (χ0) is 46.5. The van der Waals surface area contributed by atoms with E-state index < -0.39 is 0 Å². The van der Waals surface area contributed by atoms with Gasteiger partial charge in [0, 0.05) is 33.2 Å². The van der Waals surface area contributed by atoms with Gasteiger partial charge in [0.25, 0.3) is 0 Å². The van der Waals surface area contributed by atoms with E-state index in [0.29, 0.717) is 5.82 Å². The van der Waals surface area contributed by atoms with Crippen molar-refractivity contribution in [2.75, 3.05) is 0 Å². The van der Waals surface area contributed by atoms with E-state index in [0.717, 1.165) is 61.5 Å². The van der Waals surface area contributed by atoms with E-state index in [1.54, 1.807) is 0 Å². The Balaban J connectivity index is 0.00000257. The highest BCUT2D eigenvalue weighted by Crippen LogP contribution is 2.36. The largest absolute Gasteiger partial charge is 0.309 e. The van der Waals surface area contributed by atoms with Crippen molar-refractivity contribution in [3.8, 4) is 95.2 Å². The van der Waals surface area contributed by atoms with Gasteiger partial charge in [0.2, 0.25) is 0 Å². The quantitative estimate of drug-likeness (QED) is 0.145. The Hall–Kier alpha value is -8.92. The summed E-state index contributed by atoms with van der Waals surface area (Å²) in [5, 5.41) is 2.46. The average molecular weight is 884 g/mol. The smallest absolute Gasteiger partial charge is 0.160 e. The summed E-state index contributed by atoms with van der Waals surface area (Å²) in [4.78, 5) is 10.6. The van der Waals surface area contributed by atoms with Gasteiger partial charge in [-0.05, 0) is 104 Å². The summed E-state index contributed by atoms with van der Waals surface area (Å²) >= 11 is 0. The molecule has 0 atom stereocenters. The molecule has 0 saturated carbocycles. The van der Waals surface area contributed by atoms with Crippen molar-refractivity contribution in [2.24, 2.45) is 0 Å². The Bertz CT molecular complexity index is 3670. The maximum atomic E-state index is 5.32. The number of aromatic nitrogens is 3. The zero-order valence-corrected chi connectivity index (χ0v) is 38.7. The van der Waals surface area contributed by atoms with Crippen LogP contribution in [-0.2, 0) is 0 Å². The minimum atomic E-state index is 0.671. The van der Waals surface area contributed by atoms with E-state index in [4.69, 9.17) is 9.97 Å². The predicted octanol–water partition coefficient (Wildman–Crippen LogP) is 17.9. The van der Waals surface area contributed by atoms with Gasteiger partial charge in [0.05, 0.1) is 22.4 Å². The van der Waals surface area contributed by atoms with Crippen LogP contribution < -0.4 is 0 Å². The fourth-order valence-corrected chi connectivity index (χ4v) is 9.42. The van der Waals surface area contributed by atoms with Crippen LogP contribution in [0.5, 0.6) is 0 Å². The highest BCUT2D eigenvalue weighted by Gasteiger charge is 2.16. The van der Waals surface area contributed by atoms with Gasteiger partial charge in [-0.25, -0.2) is 9.97 Å². The molecule has 2 aromatic heterocycles. The summed E-state index contributed by atoms with van der Waals surface area (Å²) in [6, 6.07) is 93.0. The molecule has 0 fully saturated rings. The van der Waals surface area contributed by atoms with Crippen LogP contribution in [0.3, 0.4) is 0 Å². The first kappa shape index (κ1) is 42.7. The first-order valence-corrected chi connectivity index (χ1v) is 23.8. The number of para-hydroxylation sites is 2. The second-order valence-corrected chi connectivity index (χ2v) is 17.0. The normalized spacial score (nSPS) is 11.0. The fraction of sp³-hybridized carbons (Fsp3) is 0.0303. The minimum absolute atomic E-state index is 0.671. The molecule has 0 amide bonds. The van der Waals surface area contributed by atoms with E-state index in [1.165, 1.54) is 49.7 Å². The number of fused-ring (bicyclic) bond motifs is 3. The summed E-state index contributed by atoms with van der Waals surface area (Å²) in [5.74, 6) is 0.671. The molecule has 3 nitrogen and oxygen atoms in total. The summed E-state index contributed by atoms with van der Waals surface area (Å²) in [6.45, 7) is 4.00. The van der Waals surface area contributed by atoms with E-state index in [1.807, 2.05) is 13.8 Å². The van der Waals surface area contributed by atoms with Crippen molar-refractivity contribution >= 4 is 21.8 Å². The summed E-state index contributed by atoms with van der Waals surface area (Å²) in [7, 11) is 0. The van der Waals surface area contributed by atoms with Gasteiger partial charge in [-0.2, -0.15) is 0 Å². The molecule has 0 N–H and O–H groups in total. The van der Waals surface area contributed by atoms with Gasteiger partial charge in [0.15, 0.2) is 5.82 Å². The topological polar surface area (TPSA) is 30.7 Å². The van der Waals surface area contributed by atoms with Crippen LogP contribution in [0.15, 0.2) is 261 Å². The average Bonchev–Trinajstić information content (AvgIpc) is 3.78. The molecule has 0 aliphatic heterocycles. The Morgan fingerprint density at radius 1 is 0.246 bits per heavy atom. The second-order valence-electron chi connectivity index (χ2n) is 17.0. The van der Waals surface area contributed by atoms with Crippen molar-refractivity contribution in [2.45, 2.75) is 13.8 Å². The van der Waals surface area contributed by atoms with Gasteiger partial charge >= 0.3 is 0 Å². The molecule has 0 radical (unpaired) electrons. The summed E-state index contributed by atoms with van der Waals surface area (Å²) in [5.41, 5.74) is 19.9. The van der Waals surface area contributed by atoms with Crippen LogP contribution in [-0.4, -0.2) is 14.5 Å². The SMILES string of the molecule is CC.c1ccc(-c2cccc(-c3ccc(-c4cc(-c5ccc(-c6cccc(-c7cccc(-c8ccccc8)c7)c6)cc5)nc(-c5cccc(-n6c7ccccc7c7ccccc76)c5)n4)cc3)c2)cc1. The standard InChI is InChI=1S/C64H43N3.C2H6/c1-3-15-44(16-4-1)50-19-11-21-52(39-50)46-31-35-48(36-32-46)60-43-61(66-64(65-60)56-25-14-26-57(42-56)67-62-29-9-7-27-58(62)59-28-8-10-30-63(59)67)49-37-33-47(34-38-49)53-22-13-24-55(41-53)54-23-12-20-51(40-54)45-17-5-2-6-18-45;1-2/h1-43H;1-2H3. The Morgan fingerprint density at radius 3 is 1.00 bits per heavy atom. The maximum Gasteiger partial charge on any atom is 0.160 e. The van der Waals surface area contributed by atoms with Crippen molar-refractivity contribution in [1.29, 1.82) is 0 Å². The molecular weight excluding hydrogens is 835 g/mol. The summed E-state index contributed by atoms with van der Waals surface area (Å²) < 4.78 is 2.35. The van der Waals surface area contributed by atoms with Gasteiger partial charge in [0.1, 0.15) is 0 Å². The molecule has 69 heavy (non-hydrogen) atoms. The molecule has 12 aromatic rings. The number of benzene rings is 10. The molecule has 0 aliphatic carbocycles. The lowest BCUT2D eigenvalue weighted by Crippen LogP contribution is -1.98. The first-order valence-electron chi connectivity index (χ1n) is 23.8. The van der Waals surface area contributed by atoms with E-state index >= 15 is 0 Å². The molecule has 328 valence electrons. The molecule has 0 saturated heterocycles. The highest BCUT2D eigenvalue weighted by molar-refractivity contribution is 6.09. The van der Waals surface area contributed by atoms with Gasteiger partial charge in [-0.15, -0.1) is 0 Å². The van der Waals surface area contributed by atoms with Gasteiger partial charge in [-0.3, -0.25) is 0 Å². The lowest BCUT2D eigenvalue weighted by atomic mass is 9.95. The highest BCUT2D eigenvalue weighted by atomic mass is 15.0. The zero-order valence-electron chi connectivity index (χ0n) is 38.7. The van der Waals surface area contributed by atoms with E-state index in [9.17, 15) is 0 Å².